The van der Waals surface area contributed by atoms with Gasteiger partial charge in [-0.2, -0.15) is 0 Å². The van der Waals surface area contributed by atoms with Gasteiger partial charge in [-0.25, -0.2) is 0 Å². The summed E-state index contributed by atoms with van der Waals surface area (Å²) in [7, 11) is 0. The summed E-state index contributed by atoms with van der Waals surface area (Å²) < 4.78 is 83.2. The maximum absolute atomic E-state index is 9.38. The summed E-state index contributed by atoms with van der Waals surface area (Å²) in [4.78, 5) is 3.09. The van der Waals surface area contributed by atoms with E-state index in [4.69, 9.17) is 17.1 Å². The standard InChI is InChI=1S/C46H55ClN2/c1-43(2,3)32-16-24-36(25-17-32)48(37-26-18-33(19-27-37)44(4,5)6)40-14-13-15-41(42(40)47)49(38-28-20-34(21-29-38)45(7,8)9)39-30-22-35(23-31-39)46(10,11)12/h13-31H,1-12H3/i13D,16D,17D,20D,21D,24D,25D,28D,29D. The van der Waals surface area contributed by atoms with E-state index in [0.717, 1.165) is 11.1 Å². The summed E-state index contributed by atoms with van der Waals surface area (Å²) in [5.74, 6) is 0. The maximum atomic E-state index is 9.38. The average Bonchev–Trinajstić information content (AvgIpc) is 3.10. The summed E-state index contributed by atoms with van der Waals surface area (Å²) >= 11 is 7.55. The Kier molecular flexibility index (Phi) is 7.06. The lowest BCUT2D eigenvalue weighted by Gasteiger charge is -2.32. The van der Waals surface area contributed by atoms with Crippen molar-refractivity contribution >= 4 is 45.7 Å². The van der Waals surface area contributed by atoms with Gasteiger partial charge in [0, 0.05) is 22.7 Å². The molecule has 0 fully saturated rings. The maximum Gasteiger partial charge on any atom is 0.0887 e. The summed E-state index contributed by atoms with van der Waals surface area (Å²) in [6.45, 7) is 23.6. The number of rotatable bonds is 6. The van der Waals surface area contributed by atoms with E-state index in [1.165, 1.54) is 12.1 Å². The highest BCUT2D eigenvalue weighted by atomic mass is 35.5. The quantitative estimate of drug-likeness (QED) is 0.176. The third-order valence-electron chi connectivity index (χ3n) is 8.53. The first kappa shape index (κ1) is 25.9. The molecule has 0 saturated carbocycles. The summed E-state index contributed by atoms with van der Waals surface area (Å²) in [5.41, 5.74) is 1.89. The van der Waals surface area contributed by atoms with Gasteiger partial charge in [-0.1, -0.05) is 149 Å². The number of benzene rings is 5. The largest absolute Gasteiger partial charge is 0.309 e. The second-order valence-corrected chi connectivity index (χ2v) is 17.1. The molecule has 3 heteroatoms. The van der Waals surface area contributed by atoms with Gasteiger partial charge in [-0.05, 0) is 104 Å². The van der Waals surface area contributed by atoms with Crippen LogP contribution < -0.4 is 9.80 Å². The topological polar surface area (TPSA) is 6.48 Å². The third-order valence-corrected chi connectivity index (χ3v) is 8.91. The van der Waals surface area contributed by atoms with Crippen LogP contribution in [0.3, 0.4) is 0 Å². The lowest BCUT2D eigenvalue weighted by Crippen LogP contribution is -2.16. The SMILES string of the molecule is [2H]c1cc(N(c2ccc(C(C)(C)C)cc2)c2c([2H])c([2H])c(C(C)(C)C)c([2H])c2[2H])c(Cl)c(N(c2ccc(C(C)(C)C)cc2)c2c([2H])c([2H])c(C(C)(C)C)c([2H])c2[2H])c1. The predicted octanol–water partition coefficient (Wildman–Crippen LogP) is 14.5. The Bertz CT molecular complexity index is 2160. The fourth-order valence-corrected chi connectivity index (χ4v) is 5.64. The predicted molar refractivity (Wildman–Crippen MR) is 216 cm³/mol. The zero-order valence-corrected chi connectivity index (χ0v) is 31.8. The van der Waals surface area contributed by atoms with Gasteiger partial charge in [0.15, 0.2) is 0 Å². The van der Waals surface area contributed by atoms with Crippen LogP contribution >= 0.6 is 11.6 Å². The fraction of sp³-hybridized carbons (Fsp3) is 0.348. The highest BCUT2D eigenvalue weighted by Gasteiger charge is 2.25. The molecule has 0 saturated heterocycles. The molecular weight excluding hydrogens is 616 g/mol. The van der Waals surface area contributed by atoms with Crippen LogP contribution in [-0.4, -0.2) is 0 Å². The molecule has 5 aromatic rings. The first-order valence-electron chi connectivity index (χ1n) is 21.3. The summed E-state index contributed by atoms with van der Waals surface area (Å²) in [6, 6.07) is 16.1. The van der Waals surface area contributed by atoms with Gasteiger partial charge in [0.1, 0.15) is 0 Å². The second-order valence-electron chi connectivity index (χ2n) is 16.8. The van der Waals surface area contributed by atoms with Crippen LogP contribution in [0, 0.1) is 0 Å². The van der Waals surface area contributed by atoms with Crippen LogP contribution in [-0.2, 0) is 21.7 Å². The van der Waals surface area contributed by atoms with Crippen LogP contribution in [0.15, 0.2) is 115 Å². The molecule has 0 spiro atoms. The van der Waals surface area contributed by atoms with E-state index in [1.807, 2.05) is 90.1 Å². The van der Waals surface area contributed by atoms with E-state index >= 15 is 0 Å². The van der Waals surface area contributed by atoms with Crippen molar-refractivity contribution in [1.82, 2.24) is 0 Å². The van der Waals surface area contributed by atoms with Crippen LogP contribution in [0.25, 0.3) is 0 Å². The first-order valence-corrected chi connectivity index (χ1v) is 17.2. The van der Waals surface area contributed by atoms with E-state index in [-0.39, 0.29) is 104 Å². The van der Waals surface area contributed by atoms with Crippen molar-refractivity contribution in [1.29, 1.82) is 0 Å². The molecule has 0 aliphatic rings. The molecule has 0 heterocycles. The molecule has 0 radical (unpaired) electrons. The average molecular weight is 680 g/mol. The molecule has 0 N–H and O–H groups in total. The molecule has 0 atom stereocenters. The van der Waals surface area contributed by atoms with Crippen LogP contribution in [0.2, 0.25) is 5.02 Å². The van der Waals surface area contributed by atoms with Crippen molar-refractivity contribution < 1.29 is 12.3 Å². The molecule has 0 aliphatic carbocycles. The molecule has 2 nitrogen and oxygen atoms in total. The van der Waals surface area contributed by atoms with Gasteiger partial charge in [0.2, 0.25) is 0 Å². The van der Waals surface area contributed by atoms with Gasteiger partial charge in [0.25, 0.3) is 0 Å². The number of anilines is 6. The van der Waals surface area contributed by atoms with Gasteiger partial charge in [0.05, 0.1) is 28.7 Å². The Labute approximate surface area is 314 Å². The van der Waals surface area contributed by atoms with Crippen LogP contribution in [0.1, 0.15) is 118 Å². The Hall–Kier alpha value is -4.01. The molecule has 5 aromatic carbocycles. The molecule has 49 heavy (non-hydrogen) atoms. The highest BCUT2D eigenvalue weighted by Crippen LogP contribution is 2.47. The van der Waals surface area contributed by atoms with Gasteiger partial charge in [-0.15, -0.1) is 0 Å². The lowest BCUT2D eigenvalue weighted by atomic mass is 9.86. The molecular formula is C46H55ClN2. The summed E-state index contributed by atoms with van der Waals surface area (Å²) in [6.07, 6.45) is 0. The van der Waals surface area contributed by atoms with E-state index in [0.29, 0.717) is 11.4 Å². The van der Waals surface area contributed by atoms with Crippen molar-refractivity contribution in [3.8, 4) is 0 Å². The minimum absolute atomic E-state index is 0.0179. The molecule has 0 bridgehead atoms. The van der Waals surface area contributed by atoms with Crippen molar-refractivity contribution in [2.45, 2.75) is 105 Å². The van der Waals surface area contributed by atoms with Crippen molar-refractivity contribution in [3.05, 3.63) is 142 Å². The van der Waals surface area contributed by atoms with Gasteiger partial charge >= 0.3 is 0 Å². The molecule has 0 aromatic heterocycles. The van der Waals surface area contributed by atoms with Crippen LogP contribution in [0.5, 0.6) is 0 Å². The Morgan fingerprint density at radius 2 is 0.673 bits per heavy atom. The van der Waals surface area contributed by atoms with E-state index in [9.17, 15) is 6.85 Å². The second kappa shape index (κ2) is 13.4. The molecule has 5 rings (SSSR count). The number of nitrogens with zero attached hydrogens (tertiary/aromatic N) is 2. The lowest BCUT2D eigenvalue weighted by molar-refractivity contribution is 0.590. The third kappa shape index (κ3) is 8.08. The van der Waals surface area contributed by atoms with Crippen molar-refractivity contribution in [2.24, 2.45) is 0 Å². The number of hydrogen-bond donors (Lipinski definition) is 0. The number of hydrogen-bond acceptors (Lipinski definition) is 2. The van der Waals surface area contributed by atoms with E-state index < -0.39 is 10.8 Å². The molecule has 256 valence electrons. The highest BCUT2D eigenvalue weighted by molar-refractivity contribution is 6.36. The Balaban J connectivity index is 1.94. The molecule has 0 amide bonds. The Morgan fingerprint density at radius 1 is 0.388 bits per heavy atom. The summed E-state index contributed by atoms with van der Waals surface area (Å²) in [5, 5.41) is 0.0179. The zero-order chi connectivity index (χ0) is 43.8. The van der Waals surface area contributed by atoms with Crippen molar-refractivity contribution in [2.75, 3.05) is 9.80 Å². The molecule has 0 aliphatic heterocycles. The minimum Gasteiger partial charge on any atom is -0.309 e. The van der Waals surface area contributed by atoms with E-state index in [1.54, 1.807) is 9.80 Å². The monoisotopic (exact) mass is 679 g/mol. The number of halogens is 1. The van der Waals surface area contributed by atoms with Crippen molar-refractivity contribution in [3.63, 3.8) is 0 Å². The smallest absolute Gasteiger partial charge is 0.0887 e. The molecule has 0 unspecified atom stereocenters. The Morgan fingerprint density at radius 3 is 0.939 bits per heavy atom. The zero-order valence-electron chi connectivity index (χ0n) is 40.0. The minimum atomic E-state index is -0.704. The van der Waals surface area contributed by atoms with Gasteiger partial charge in [-0.3, -0.25) is 0 Å². The van der Waals surface area contributed by atoms with Gasteiger partial charge < -0.3 is 9.80 Å². The van der Waals surface area contributed by atoms with Crippen LogP contribution in [0.4, 0.5) is 34.1 Å². The fourth-order valence-electron chi connectivity index (χ4n) is 5.37. The normalized spacial score (nSPS) is 15.2. The first-order chi connectivity index (χ1) is 26.5. The van der Waals surface area contributed by atoms with E-state index in [2.05, 4.69) is 41.5 Å².